The fraction of sp³-hybridized carbons (Fsp3) is 0.357. The second kappa shape index (κ2) is 4.52. The summed E-state index contributed by atoms with van der Waals surface area (Å²) in [5.41, 5.74) is 3.27. The number of para-hydroxylation sites is 1. The smallest absolute Gasteiger partial charge is 0.0936 e. The summed E-state index contributed by atoms with van der Waals surface area (Å²) < 4.78 is 0. The lowest BCUT2D eigenvalue weighted by Gasteiger charge is -2.11. The van der Waals surface area contributed by atoms with Crippen molar-refractivity contribution in [3.05, 3.63) is 36.0 Å². The lowest BCUT2D eigenvalue weighted by Crippen LogP contribution is -2.08. The Morgan fingerprint density at radius 3 is 2.75 bits per heavy atom. The molecule has 0 aliphatic rings. The minimum absolute atomic E-state index is 0.639. The Bertz CT molecular complexity index is 489. The highest BCUT2D eigenvalue weighted by atomic mass is 14.9. The standard InChI is InChI=1S/C14H18N2/c1-10(2)9-15-13-6-4-5-12-8-7-11(3)16-14(12)13/h4-8,10,15H,9H2,1-3H3. The van der Waals surface area contributed by atoms with Gasteiger partial charge in [0.25, 0.3) is 0 Å². The quantitative estimate of drug-likeness (QED) is 0.844. The molecule has 0 unspecified atom stereocenters. The van der Waals surface area contributed by atoms with E-state index in [4.69, 9.17) is 0 Å². The summed E-state index contributed by atoms with van der Waals surface area (Å²) in [4.78, 5) is 4.59. The highest BCUT2D eigenvalue weighted by molar-refractivity contribution is 5.90. The number of aryl methyl sites for hydroxylation is 1. The van der Waals surface area contributed by atoms with Gasteiger partial charge < -0.3 is 5.32 Å². The topological polar surface area (TPSA) is 24.9 Å². The molecule has 0 atom stereocenters. The van der Waals surface area contributed by atoms with Gasteiger partial charge in [-0.1, -0.05) is 32.0 Å². The van der Waals surface area contributed by atoms with Gasteiger partial charge in [-0.2, -0.15) is 0 Å². The van der Waals surface area contributed by atoms with Gasteiger partial charge in [-0.05, 0) is 25.0 Å². The largest absolute Gasteiger partial charge is 0.383 e. The van der Waals surface area contributed by atoms with Crippen LogP contribution in [0.1, 0.15) is 19.5 Å². The van der Waals surface area contributed by atoms with Crippen LogP contribution in [0.4, 0.5) is 5.69 Å². The van der Waals surface area contributed by atoms with E-state index >= 15 is 0 Å². The molecule has 1 heterocycles. The molecule has 1 aromatic heterocycles. The molecule has 2 nitrogen and oxygen atoms in total. The van der Waals surface area contributed by atoms with E-state index in [2.05, 4.69) is 54.5 Å². The maximum Gasteiger partial charge on any atom is 0.0936 e. The van der Waals surface area contributed by atoms with E-state index < -0.39 is 0 Å². The van der Waals surface area contributed by atoms with Crippen molar-refractivity contribution in [1.82, 2.24) is 4.98 Å². The van der Waals surface area contributed by atoms with Gasteiger partial charge >= 0.3 is 0 Å². The lowest BCUT2D eigenvalue weighted by molar-refractivity contribution is 0.689. The van der Waals surface area contributed by atoms with Crippen LogP contribution in [0.15, 0.2) is 30.3 Å². The maximum atomic E-state index is 4.59. The summed E-state index contributed by atoms with van der Waals surface area (Å²) in [7, 11) is 0. The van der Waals surface area contributed by atoms with Crippen molar-refractivity contribution in [3.63, 3.8) is 0 Å². The molecule has 0 saturated carbocycles. The summed E-state index contributed by atoms with van der Waals surface area (Å²) >= 11 is 0. The minimum atomic E-state index is 0.639. The zero-order chi connectivity index (χ0) is 11.5. The van der Waals surface area contributed by atoms with E-state index in [0.29, 0.717) is 5.92 Å². The predicted octanol–water partition coefficient (Wildman–Crippen LogP) is 3.61. The number of benzene rings is 1. The molecule has 1 aromatic carbocycles. The zero-order valence-electron chi connectivity index (χ0n) is 10.1. The molecule has 16 heavy (non-hydrogen) atoms. The third kappa shape index (κ3) is 2.32. The van der Waals surface area contributed by atoms with Gasteiger partial charge in [0.2, 0.25) is 0 Å². The number of nitrogens with zero attached hydrogens (tertiary/aromatic N) is 1. The Morgan fingerprint density at radius 1 is 1.19 bits per heavy atom. The minimum Gasteiger partial charge on any atom is -0.383 e. The average Bonchev–Trinajstić information content (AvgIpc) is 2.26. The Labute approximate surface area is 96.7 Å². The number of hydrogen-bond donors (Lipinski definition) is 1. The second-order valence-electron chi connectivity index (χ2n) is 4.60. The van der Waals surface area contributed by atoms with Crippen LogP contribution in [-0.2, 0) is 0 Å². The summed E-state index contributed by atoms with van der Waals surface area (Å²) in [5, 5.41) is 4.65. The normalized spacial score (nSPS) is 11.0. The summed E-state index contributed by atoms with van der Waals surface area (Å²) in [6, 6.07) is 10.4. The number of aromatic nitrogens is 1. The number of rotatable bonds is 3. The van der Waals surface area contributed by atoms with E-state index in [1.54, 1.807) is 0 Å². The monoisotopic (exact) mass is 214 g/mol. The van der Waals surface area contributed by atoms with E-state index in [-0.39, 0.29) is 0 Å². The molecule has 84 valence electrons. The first-order chi connectivity index (χ1) is 7.66. The van der Waals surface area contributed by atoms with Crippen molar-refractivity contribution in [2.45, 2.75) is 20.8 Å². The van der Waals surface area contributed by atoms with Crippen molar-refractivity contribution >= 4 is 16.6 Å². The Balaban J connectivity index is 2.40. The molecule has 0 aliphatic carbocycles. The summed E-state index contributed by atoms with van der Waals surface area (Å²) in [5.74, 6) is 0.639. The maximum absolute atomic E-state index is 4.59. The third-order valence-corrected chi connectivity index (χ3v) is 2.56. The lowest BCUT2D eigenvalue weighted by atomic mass is 10.1. The van der Waals surface area contributed by atoms with E-state index in [1.165, 1.54) is 5.39 Å². The van der Waals surface area contributed by atoms with E-state index in [1.807, 2.05) is 6.92 Å². The molecule has 0 aliphatic heterocycles. The molecule has 1 N–H and O–H groups in total. The summed E-state index contributed by atoms with van der Waals surface area (Å²) in [6.45, 7) is 7.42. The number of nitrogens with one attached hydrogen (secondary N) is 1. The first-order valence-corrected chi connectivity index (χ1v) is 5.77. The molecule has 0 saturated heterocycles. The van der Waals surface area contributed by atoms with Crippen LogP contribution in [0.2, 0.25) is 0 Å². The highest BCUT2D eigenvalue weighted by Crippen LogP contribution is 2.21. The van der Waals surface area contributed by atoms with Gasteiger partial charge in [0.15, 0.2) is 0 Å². The number of pyridine rings is 1. The molecule has 2 heteroatoms. The van der Waals surface area contributed by atoms with Crippen molar-refractivity contribution < 1.29 is 0 Å². The van der Waals surface area contributed by atoms with Crippen LogP contribution >= 0.6 is 0 Å². The van der Waals surface area contributed by atoms with Crippen molar-refractivity contribution in [1.29, 1.82) is 0 Å². The van der Waals surface area contributed by atoms with Gasteiger partial charge in [-0.25, -0.2) is 0 Å². The van der Waals surface area contributed by atoms with Crippen LogP contribution < -0.4 is 5.32 Å². The van der Waals surface area contributed by atoms with Crippen LogP contribution in [-0.4, -0.2) is 11.5 Å². The van der Waals surface area contributed by atoms with Crippen LogP contribution in [0, 0.1) is 12.8 Å². The van der Waals surface area contributed by atoms with E-state index in [9.17, 15) is 0 Å². The van der Waals surface area contributed by atoms with Gasteiger partial charge in [0.1, 0.15) is 0 Å². The second-order valence-corrected chi connectivity index (χ2v) is 4.60. The van der Waals surface area contributed by atoms with Crippen LogP contribution in [0.3, 0.4) is 0 Å². The molecular formula is C14H18N2. The zero-order valence-corrected chi connectivity index (χ0v) is 10.1. The number of hydrogen-bond acceptors (Lipinski definition) is 2. The molecule has 2 aromatic rings. The van der Waals surface area contributed by atoms with Crippen LogP contribution in [0.5, 0.6) is 0 Å². The van der Waals surface area contributed by atoms with Crippen molar-refractivity contribution in [2.75, 3.05) is 11.9 Å². The SMILES string of the molecule is Cc1ccc2cccc(NCC(C)C)c2n1. The van der Waals surface area contributed by atoms with E-state index in [0.717, 1.165) is 23.4 Å². The fourth-order valence-electron chi connectivity index (χ4n) is 1.70. The molecule has 2 rings (SSSR count). The molecule has 0 amide bonds. The average molecular weight is 214 g/mol. The first kappa shape index (κ1) is 10.9. The van der Waals surface area contributed by atoms with Crippen molar-refractivity contribution in [2.24, 2.45) is 5.92 Å². The molecular weight excluding hydrogens is 196 g/mol. The summed E-state index contributed by atoms with van der Waals surface area (Å²) in [6.07, 6.45) is 0. The van der Waals surface area contributed by atoms with Gasteiger partial charge in [0.05, 0.1) is 11.2 Å². The Morgan fingerprint density at radius 2 is 2.00 bits per heavy atom. The van der Waals surface area contributed by atoms with Gasteiger partial charge in [-0.3, -0.25) is 4.98 Å². The fourth-order valence-corrected chi connectivity index (χ4v) is 1.70. The molecule has 0 bridgehead atoms. The highest BCUT2D eigenvalue weighted by Gasteiger charge is 2.02. The number of anilines is 1. The van der Waals surface area contributed by atoms with Gasteiger partial charge in [-0.15, -0.1) is 0 Å². The Kier molecular flexibility index (Phi) is 3.09. The van der Waals surface area contributed by atoms with Crippen molar-refractivity contribution in [3.8, 4) is 0 Å². The first-order valence-electron chi connectivity index (χ1n) is 5.77. The predicted molar refractivity (Wildman–Crippen MR) is 69.8 cm³/mol. The molecule has 0 radical (unpaired) electrons. The number of fused-ring (bicyclic) bond motifs is 1. The Hall–Kier alpha value is -1.57. The van der Waals surface area contributed by atoms with Crippen LogP contribution in [0.25, 0.3) is 10.9 Å². The molecule has 0 spiro atoms. The van der Waals surface area contributed by atoms with Gasteiger partial charge in [0, 0.05) is 17.6 Å². The third-order valence-electron chi connectivity index (χ3n) is 2.56. The molecule has 0 fully saturated rings.